The highest BCUT2D eigenvalue weighted by atomic mass is 19.4. The summed E-state index contributed by atoms with van der Waals surface area (Å²) in [6.45, 7) is 1.29. The number of urea groups is 1. The summed E-state index contributed by atoms with van der Waals surface area (Å²) in [5, 5.41) is 4.77. The summed E-state index contributed by atoms with van der Waals surface area (Å²) < 4.78 is 42.9. The van der Waals surface area contributed by atoms with Gasteiger partial charge in [-0.3, -0.25) is 19.8 Å². The smallest absolute Gasteiger partial charge is 0.416 e. The quantitative estimate of drug-likeness (QED) is 0.651. The average Bonchev–Trinajstić information content (AvgIpc) is 3.38. The van der Waals surface area contributed by atoms with E-state index in [0.717, 1.165) is 25.0 Å². The number of amides is 3. The largest absolute Gasteiger partial charge is 0.465 e. The minimum atomic E-state index is -4.45. The van der Waals surface area contributed by atoms with Crippen LogP contribution in [0.4, 0.5) is 18.0 Å². The summed E-state index contributed by atoms with van der Waals surface area (Å²) >= 11 is 0. The van der Waals surface area contributed by atoms with Crippen LogP contribution in [0.25, 0.3) is 0 Å². The van der Waals surface area contributed by atoms with Gasteiger partial charge in [-0.25, -0.2) is 4.79 Å². The first-order valence-corrected chi connectivity index (χ1v) is 8.82. The Labute approximate surface area is 160 Å². The number of carbonyl (C=O) groups is 3. The molecule has 1 saturated carbocycles. The van der Waals surface area contributed by atoms with Crippen LogP contribution in [0.15, 0.2) is 24.3 Å². The molecule has 28 heavy (non-hydrogen) atoms. The second-order valence-electron chi connectivity index (χ2n) is 6.44. The zero-order valence-electron chi connectivity index (χ0n) is 15.3. The van der Waals surface area contributed by atoms with Crippen LogP contribution in [0.2, 0.25) is 0 Å². The zero-order chi connectivity index (χ0) is 20.7. The third kappa shape index (κ3) is 7.55. The second-order valence-corrected chi connectivity index (χ2v) is 6.44. The molecule has 3 amide bonds. The molecule has 0 aliphatic heterocycles. The molecule has 0 bridgehead atoms. The molecule has 10 heteroatoms. The van der Waals surface area contributed by atoms with Gasteiger partial charge in [0.1, 0.15) is 0 Å². The Morgan fingerprint density at radius 3 is 2.32 bits per heavy atom. The first-order valence-electron chi connectivity index (χ1n) is 8.82. The molecule has 0 unspecified atom stereocenters. The molecule has 0 radical (unpaired) electrons. The number of hydrogen-bond donors (Lipinski definition) is 2. The predicted molar refractivity (Wildman–Crippen MR) is 93.1 cm³/mol. The maximum atomic E-state index is 12.7. The molecule has 1 aliphatic rings. The number of rotatable bonds is 8. The molecule has 0 spiro atoms. The first-order chi connectivity index (χ1) is 13.2. The third-order valence-electron chi connectivity index (χ3n) is 3.88. The van der Waals surface area contributed by atoms with Crippen LogP contribution in [0.3, 0.4) is 0 Å². The number of carbonyl (C=O) groups excluding carboxylic acids is 3. The fraction of sp³-hybridized carbons (Fsp3) is 0.500. The first kappa shape index (κ1) is 21.7. The molecule has 2 rings (SSSR count). The van der Waals surface area contributed by atoms with Crippen LogP contribution in [0, 0.1) is 0 Å². The highest BCUT2D eigenvalue weighted by molar-refractivity contribution is 5.95. The molecule has 0 saturated heterocycles. The minimum Gasteiger partial charge on any atom is -0.465 e. The zero-order valence-corrected chi connectivity index (χ0v) is 15.3. The number of nitrogens with one attached hydrogen (secondary N) is 2. The topological polar surface area (TPSA) is 87.7 Å². The van der Waals surface area contributed by atoms with Gasteiger partial charge in [-0.2, -0.15) is 13.2 Å². The van der Waals surface area contributed by atoms with Crippen molar-refractivity contribution in [1.82, 2.24) is 15.5 Å². The Kier molecular flexibility index (Phi) is 7.38. The Balaban J connectivity index is 1.98. The lowest BCUT2D eigenvalue weighted by atomic mass is 10.1. The van der Waals surface area contributed by atoms with Gasteiger partial charge in [-0.1, -0.05) is 12.1 Å². The second kappa shape index (κ2) is 9.54. The normalized spacial score (nSPS) is 13.9. The van der Waals surface area contributed by atoms with Gasteiger partial charge in [0, 0.05) is 12.6 Å². The van der Waals surface area contributed by atoms with Crippen LogP contribution in [-0.4, -0.2) is 48.5 Å². The fourth-order valence-corrected chi connectivity index (χ4v) is 2.43. The summed E-state index contributed by atoms with van der Waals surface area (Å²) in [5.41, 5.74) is -0.310. The van der Waals surface area contributed by atoms with Crippen molar-refractivity contribution < 1.29 is 32.3 Å². The summed E-state index contributed by atoms with van der Waals surface area (Å²) in [6, 6.07) is 3.88. The maximum absolute atomic E-state index is 12.7. The van der Waals surface area contributed by atoms with E-state index in [1.54, 1.807) is 6.92 Å². The van der Waals surface area contributed by atoms with Gasteiger partial charge in [0.25, 0.3) is 0 Å². The van der Waals surface area contributed by atoms with Gasteiger partial charge < -0.3 is 10.1 Å². The van der Waals surface area contributed by atoms with E-state index >= 15 is 0 Å². The van der Waals surface area contributed by atoms with E-state index in [4.69, 9.17) is 4.74 Å². The van der Waals surface area contributed by atoms with E-state index in [1.807, 2.05) is 0 Å². The van der Waals surface area contributed by atoms with Gasteiger partial charge in [0.2, 0.25) is 5.91 Å². The molecule has 0 heterocycles. The van der Waals surface area contributed by atoms with Crippen molar-refractivity contribution in [2.24, 2.45) is 0 Å². The van der Waals surface area contributed by atoms with Crippen LogP contribution in [0.1, 0.15) is 30.9 Å². The molecule has 0 aromatic heterocycles. The van der Waals surface area contributed by atoms with Crippen LogP contribution < -0.4 is 10.6 Å². The van der Waals surface area contributed by atoms with Gasteiger partial charge >= 0.3 is 18.2 Å². The SMILES string of the molecule is CCOC(=O)CN(CC(=O)NC(=O)NC1CC1)Cc1ccc(C(F)(F)F)cc1. The van der Waals surface area contributed by atoms with E-state index in [0.29, 0.717) is 5.56 Å². The Morgan fingerprint density at radius 2 is 1.79 bits per heavy atom. The predicted octanol–water partition coefficient (Wildman–Crippen LogP) is 2.06. The Bertz CT molecular complexity index is 703. The molecular weight excluding hydrogens is 379 g/mol. The number of nitrogens with zero attached hydrogens (tertiary/aromatic N) is 1. The average molecular weight is 401 g/mol. The van der Waals surface area contributed by atoms with Crippen LogP contribution >= 0.6 is 0 Å². The van der Waals surface area contributed by atoms with Gasteiger partial charge in [0.05, 0.1) is 25.3 Å². The molecule has 154 valence electrons. The highest BCUT2D eigenvalue weighted by Crippen LogP contribution is 2.29. The van der Waals surface area contributed by atoms with Crippen molar-refractivity contribution in [1.29, 1.82) is 0 Å². The van der Waals surface area contributed by atoms with Crippen molar-refractivity contribution in [2.75, 3.05) is 19.7 Å². The van der Waals surface area contributed by atoms with Crippen molar-refractivity contribution in [3.8, 4) is 0 Å². The standard InChI is InChI=1S/C18H22F3N3O4/c1-2-28-16(26)11-24(10-15(25)23-17(27)22-14-7-8-14)9-12-3-5-13(6-4-12)18(19,20)21/h3-6,14H,2,7-11H2,1H3,(H2,22,23,25,27). The van der Waals surface area contributed by atoms with E-state index < -0.39 is 29.6 Å². The van der Waals surface area contributed by atoms with Crippen molar-refractivity contribution in [3.05, 3.63) is 35.4 Å². The number of benzene rings is 1. The third-order valence-corrected chi connectivity index (χ3v) is 3.88. The summed E-state index contributed by atoms with van der Waals surface area (Å²) in [4.78, 5) is 36.9. The number of imide groups is 1. The number of esters is 1. The molecule has 0 atom stereocenters. The Hall–Kier alpha value is -2.62. The molecule has 2 N–H and O–H groups in total. The molecule has 1 aromatic rings. The van der Waals surface area contributed by atoms with Crippen molar-refractivity contribution >= 4 is 17.9 Å². The van der Waals surface area contributed by atoms with E-state index in [9.17, 15) is 27.6 Å². The molecule has 1 aromatic carbocycles. The van der Waals surface area contributed by atoms with Crippen LogP contribution in [-0.2, 0) is 27.0 Å². The molecule has 1 aliphatic carbocycles. The Morgan fingerprint density at radius 1 is 1.14 bits per heavy atom. The monoisotopic (exact) mass is 401 g/mol. The number of alkyl halides is 3. The lowest BCUT2D eigenvalue weighted by Gasteiger charge is -2.21. The van der Waals surface area contributed by atoms with Crippen LogP contribution in [0.5, 0.6) is 0 Å². The number of halogens is 3. The van der Waals surface area contributed by atoms with E-state index in [1.165, 1.54) is 17.0 Å². The van der Waals surface area contributed by atoms with Crippen molar-refractivity contribution in [3.63, 3.8) is 0 Å². The maximum Gasteiger partial charge on any atom is 0.416 e. The highest BCUT2D eigenvalue weighted by Gasteiger charge is 2.30. The minimum absolute atomic E-state index is 0.0363. The summed E-state index contributed by atoms with van der Waals surface area (Å²) in [7, 11) is 0. The summed E-state index contributed by atoms with van der Waals surface area (Å²) in [5.74, 6) is -1.21. The summed E-state index contributed by atoms with van der Waals surface area (Å²) in [6.07, 6.45) is -2.72. The van der Waals surface area contributed by atoms with Gasteiger partial charge in [-0.15, -0.1) is 0 Å². The van der Waals surface area contributed by atoms with Gasteiger partial charge in [-0.05, 0) is 37.5 Å². The fourth-order valence-electron chi connectivity index (χ4n) is 2.43. The lowest BCUT2D eigenvalue weighted by Crippen LogP contribution is -2.46. The van der Waals surface area contributed by atoms with E-state index in [2.05, 4.69) is 10.6 Å². The molecular formula is C18H22F3N3O4. The number of ether oxygens (including phenoxy) is 1. The number of hydrogen-bond acceptors (Lipinski definition) is 5. The van der Waals surface area contributed by atoms with E-state index in [-0.39, 0.29) is 32.3 Å². The molecule has 1 fully saturated rings. The lowest BCUT2D eigenvalue weighted by molar-refractivity contribution is -0.144. The molecule has 7 nitrogen and oxygen atoms in total. The van der Waals surface area contributed by atoms with Gasteiger partial charge in [0.15, 0.2) is 0 Å². The van der Waals surface area contributed by atoms with Crippen molar-refractivity contribution in [2.45, 2.75) is 38.5 Å².